The van der Waals surface area contributed by atoms with Crippen molar-refractivity contribution in [2.24, 2.45) is 10.4 Å². The smallest absolute Gasteiger partial charge is 0.157 e. The Hall–Kier alpha value is 0.170. The SMILES string of the molecule is CSC1CCCC(NC2=NCC(CC(C)(C)C)S2)C1. The van der Waals surface area contributed by atoms with Crippen molar-refractivity contribution in [1.82, 2.24) is 5.32 Å². The molecular formula is C15H28N2S2. The molecule has 0 spiro atoms. The summed E-state index contributed by atoms with van der Waals surface area (Å²) >= 11 is 4.00. The van der Waals surface area contributed by atoms with Gasteiger partial charge in [0.05, 0.1) is 6.54 Å². The molecule has 4 heteroatoms. The van der Waals surface area contributed by atoms with E-state index in [-0.39, 0.29) is 0 Å². The van der Waals surface area contributed by atoms with Gasteiger partial charge in [-0.15, -0.1) is 0 Å². The molecule has 2 aliphatic rings. The third-order valence-corrected chi connectivity index (χ3v) is 6.06. The lowest BCUT2D eigenvalue weighted by Crippen LogP contribution is -2.37. The van der Waals surface area contributed by atoms with Gasteiger partial charge in [-0.2, -0.15) is 11.8 Å². The van der Waals surface area contributed by atoms with E-state index in [9.17, 15) is 0 Å². The van der Waals surface area contributed by atoms with Crippen molar-refractivity contribution in [1.29, 1.82) is 0 Å². The number of amidine groups is 1. The van der Waals surface area contributed by atoms with Gasteiger partial charge in [-0.25, -0.2) is 0 Å². The van der Waals surface area contributed by atoms with E-state index < -0.39 is 0 Å². The Kier molecular flexibility index (Phi) is 5.53. The van der Waals surface area contributed by atoms with Crippen LogP contribution in [0.1, 0.15) is 52.9 Å². The van der Waals surface area contributed by atoms with Gasteiger partial charge in [0.15, 0.2) is 5.17 Å². The highest BCUT2D eigenvalue weighted by atomic mass is 32.2. The van der Waals surface area contributed by atoms with E-state index in [0.29, 0.717) is 16.7 Å². The minimum atomic E-state index is 0.414. The van der Waals surface area contributed by atoms with Crippen LogP contribution < -0.4 is 5.32 Å². The molecule has 0 saturated heterocycles. The zero-order chi connectivity index (χ0) is 13.9. The Balaban J connectivity index is 1.75. The molecule has 1 heterocycles. The lowest BCUT2D eigenvalue weighted by atomic mass is 9.90. The molecule has 0 aromatic heterocycles. The standard InChI is InChI=1S/C15H28N2S2/c1-15(2,3)9-13-10-16-14(19-13)17-11-6-5-7-12(8-11)18-4/h11-13H,5-10H2,1-4H3,(H,16,17). The van der Waals surface area contributed by atoms with Gasteiger partial charge in [-0.3, -0.25) is 4.99 Å². The first-order chi connectivity index (χ1) is 8.96. The summed E-state index contributed by atoms with van der Waals surface area (Å²) in [7, 11) is 0. The predicted octanol–water partition coefficient (Wildman–Crippen LogP) is 4.16. The summed E-state index contributed by atoms with van der Waals surface area (Å²) in [5.41, 5.74) is 0.414. The first-order valence-electron chi connectivity index (χ1n) is 7.47. The zero-order valence-corrected chi connectivity index (χ0v) is 14.4. The molecule has 19 heavy (non-hydrogen) atoms. The third-order valence-electron chi connectivity index (χ3n) is 3.84. The van der Waals surface area contributed by atoms with Crippen LogP contribution in [0.3, 0.4) is 0 Å². The Morgan fingerprint density at radius 2 is 2.16 bits per heavy atom. The molecule has 3 atom stereocenters. The van der Waals surface area contributed by atoms with E-state index >= 15 is 0 Å². The maximum atomic E-state index is 4.71. The molecule has 0 aromatic rings. The maximum absolute atomic E-state index is 4.71. The number of aliphatic imine (C=N–C) groups is 1. The molecule has 1 saturated carbocycles. The van der Waals surface area contributed by atoms with Crippen molar-refractivity contribution in [2.75, 3.05) is 12.8 Å². The van der Waals surface area contributed by atoms with Crippen molar-refractivity contribution >= 4 is 28.7 Å². The molecule has 0 radical (unpaired) electrons. The van der Waals surface area contributed by atoms with Crippen LogP contribution in [0.2, 0.25) is 0 Å². The normalized spacial score (nSPS) is 32.2. The highest BCUT2D eigenvalue weighted by Gasteiger charge is 2.27. The fourth-order valence-electron chi connectivity index (χ4n) is 2.95. The summed E-state index contributed by atoms with van der Waals surface area (Å²) in [6, 6.07) is 0.658. The molecule has 110 valence electrons. The van der Waals surface area contributed by atoms with Crippen molar-refractivity contribution in [3.8, 4) is 0 Å². The maximum Gasteiger partial charge on any atom is 0.157 e. The average molecular weight is 301 g/mol. The number of nitrogens with one attached hydrogen (secondary N) is 1. The summed E-state index contributed by atoms with van der Waals surface area (Å²) < 4.78 is 0. The van der Waals surface area contributed by atoms with Crippen molar-refractivity contribution < 1.29 is 0 Å². The molecule has 1 aliphatic heterocycles. The largest absolute Gasteiger partial charge is 0.362 e. The summed E-state index contributed by atoms with van der Waals surface area (Å²) in [4.78, 5) is 4.71. The van der Waals surface area contributed by atoms with Gasteiger partial charge in [0, 0.05) is 16.5 Å². The Bertz CT molecular complexity index is 323. The minimum absolute atomic E-state index is 0.414. The second-order valence-corrected chi connectivity index (χ2v) is 9.44. The number of hydrogen-bond donors (Lipinski definition) is 1. The lowest BCUT2D eigenvalue weighted by molar-refractivity contribution is 0.375. The van der Waals surface area contributed by atoms with E-state index in [2.05, 4.69) is 32.3 Å². The number of rotatable bonds is 3. The van der Waals surface area contributed by atoms with Gasteiger partial charge in [-0.05, 0) is 37.4 Å². The fraction of sp³-hybridized carbons (Fsp3) is 0.933. The van der Waals surface area contributed by atoms with Gasteiger partial charge >= 0.3 is 0 Å². The second-order valence-electron chi connectivity index (χ2n) is 7.02. The van der Waals surface area contributed by atoms with Crippen LogP contribution in [0.15, 0.2) is 4.99 Å². The van der Waals surface area contributed by atoms with E-state index in [1.165, 1.54) is 37.3 Å². The molecular weight excluding hydrogens is 272 g/mol. The highest BCUT2D eigenvalue weighted by molar-refractivity contribution is 8.14. The van der Waals surface area contributed by atoms with Crippen LogP contribution in [-0.2, 0) is 0 Å². The Labute approximate surface area is 127 Å². The summed E-state index contributed by atoms with van der Waals surface area (Å²) in [5.74, 6) is 0. The molecule has 2 rings (SSSR count). The van der Waals surface area contributed by atoms with Gasteiger partial charge < -0.3 is 5.32 Å². The van der Waals surface area contributed by atoms with Gasteiger partial charge in [0.25, 0.3) is 0 Å². The van der Waals surface area contributed by atoms with Gasteiger partial charge in [0.1, 0.15) is 0 Å². The minimum Gasteiger partial charge on any atom is -0.362 e. The van der Waals surface area contributed by atoms with Crippen molar-refractivity contribution in [3.63, 3.8) is 0 Å². The van der Waals surface area contributed by atoms with E-state index in [4.69, 9.17) is 4.99 Å². The van der Waals surface area contributed by atoms with E-state index in [0.717, 1.165) is 11.8 Å². The molecule has 2 nitrogen and oxygen atoms in total. The van der Waals surface area contributed by atoms with Crippen LogP contribution in [-0.4, -0.2) is 34.5 Å². The fourth-order valence-corrected chi connectivity index (χ4v) is 5.21. The van der Waals surface area contributed by atoms with Crippen LogP contribution in [0.5, 0.6) is 0 Å². The molecule has 1 fully saturated rings. The number of thioether (sulfide) groups is 2. The molecule has 3 unspecified atom stereocenters. The van der Waals surface area contributed by atoms with Crippen molar-refractivity contribution in [3.05, 3.63) is 0 Å². The molecule has 0 bridgehead atoms. The monoisotopic (exact) mass is 300 g/mol. The van der Waals surface area contributed by atoms with Crippen LogP contribution >= 0.6 is 23.5 Å². The van der Waals surface area contributed by atoms with Gasteiger partial charge in [0.2, 0.25) is 0 Å². The topological polar surface area (TPSA) is 24.4 Å². The van der Waals surface area contributed by atoms with Crippen LogP contribution in [0.4, 0.5) is 0 Å². The van der Waals surface area contributed by atoms with Crippen molar-refractivity contribution in [2.45, 2.75) is 69.4 Å². The third kappa shape index (κ3) is 5.22. The van der Waals surface area contributed by atoms with E-state index in [1.54, 1.807) is 0 Å². The predicted molar refractivity (Wildman–Crippen MR) is 90.4 cm³/mol. The summed E-state index contributed by atoms with van der Waals surface area (Å²) in [6.45, 7) is 7.97. The first-order valence-corrected chi connectivity index (χ1v) is 9.63. The first kappa shape index (κ1) is 15.6. The van der Waals surface area contributed by atoms with Crippen LogP contribution in [0.25, 0.3) is 0 Å². The summed E-state index contributed by atoms with van der Waals surface area (Å²) in [6.07, 6.45) is 8.89. The lowest BCUT2D eigenvalue weighted by Gasteiger charge is -2.29. The Morgan fingerprint density at radius 3 is 2.84 bits per heavy atom. The molecule has 1 aliphatic carbocycles. The average Bonchev–Trinajstić information content (AvgIpc) is 2.74. The zero-order valence-electron chi connectivity index (χ0n) is 12.7. The second kappa shape index (κ2) is 6.75. The molecule has 0 aromatic carbocycles. The van der Waals surface area contributed by atoms with E-state index in [1.807, 2.05) is 23.5 Å². The number of hydrogen-bond acceptors (Lipinski definition) is 4. The molecule has 0 amide bonds. The number of nitrogens with zero attached hydrogens (tertiary/aromatic N) is 1. The van der Waals surface area contributed by atoms with Crippen LogP contribution in [0, 0.1) is 5.41 Å². The molecule has 1 N–H and O–H groups in total. The summed E-state index contributed by atoms with van der Waals surface area (Å²) in [5, 5.41) is 6.44. The van der Waals surface area contributed by atoms with Gasteiger partial charge in [-0.1, -0.05) is 39.0 Å². The highest BCUT2D eigenvalue weighted by Crippen LogP contribution is 2.33. The quantitative estimate of drug-likeness (QED) is 0.847. The Morgan fingerprint density at radius 1 is 1.37 bits per heavy atom.